The van der Waals surface area contributed by atoms with Gasteiger partial charge in [0.15, 0.2) is 0 Å². The maximum absolute atomic E-state index is 6.02. The van der Waals surface area contributed by atoms with Crippen LogP contribution in [-0.2, 0) is 31.8 Å². The van der Waals surface area contributed by atoms with E-state index in [9.17, 15) is 0 Å². The Hall–Kier alpha value is -5.44. The maximum atomic E-state index is 6.02. The zero-order chi connectivity index (χ0) is 47.7. The molecule has 0 bridgehead atoms. The van der Waals surface area contributed by atoms with Crippen molar-refractivity contribution in [3.63, 3.8) is 0 Å². The summed E-state index contributed by atoms with van der Waals surface area (Å²) in [6.45, 7) is 13.4. The van der Waals surface area contributed by atoms with E-state index in [0.717, 1.165) is 131 Å². The summed E-state index contributed by atoms with van der Waals surface area (Å²) in [5.74, 6) is 0.842. The minimum Gasteiger partial charge on any atom is -0.497 e. The molecule has 6 aromatic carbocycles. The van der Waals surface area contributed by atoms with Crippen LogP contribution in [0, 0.1) is 17.8 Å². The standard InChI is InChI=1S/C62H76N2O5/c1-5-61(45-68-46-61)43-66-41-13-9-7-11-15-50-19-29-55(30-20-50)63(54-27-17-49(3)18-28-54)57-33-23-52(24-34-57)53-25-35-58(36-26-53)64(59-37-39-60(65-4)40-38-59)56-31-21-51(22-32-56)16-12-8-10-14-42-67-44-62(6-2)47-69-48-62/h17-40H,5-16,41-48H2,1-4H3. The van der Waals surface area contributed by atoms with Gasteiger partial charge in [-0.25, -0.2) is 0 Å². The second kappa shape index (κ2) is 24.9. The number of rotatable bonds is 28. The van der Waals surface area contributed by atoms with Crippen LogP contribution in [0.1, 0.15) is 94.7 Å². The van der Waals surface area contributed by atoms with Crippen LogP contribution in [0.2, 0.25) is 0 Å². The zero-order valence-corrected chi connectivity index (χ0v) is 41.9. The molecular formula is C62H76N2O5. The first-order valence-electron chi connectivity index (χ1n) is 25.9. The summed E-state index contributed by atoms with van der Waals surface area (Å²) < 4.78 is 28.4. The topological polar surface area (TPSA) is 52.6 Å². The third-order valence-electron chi connectivity index (χ3n) is 14.6. The summed E-state index contributed by atoms with van der Waals surface area (Å²) in [4.78, 5) is 4.68. The molecular weight excluding hydrogens is 853 g/mol. The molecule has 0 saturated carbocycles. The number of anilines is 6. The normalized spacial score (nSPS) is 14.7. The Morgan fingerprint density at radius 1 is 0.420 bits per heavy atom. The van der Waals surface area contributed by atoms with E-state index in [4.69, 9.17) is 23.7 Å². The van der Waals surface area contributed by atoms with Gasteiger partial charge in [-0.2, -0.15) is 0 Å². The van der Waals surface area contributed by atoms with Gasteiger partial charge < -0.3 is 33.5 Å². The third-order valence-corrected chi connectivity index (χ3v) is 14.6. The summed E-state index contributed by atoms with van der Waals surface area (Å²) in [7, 11) is 1.71. The van der Waals surface area contributed by atoms with Crippen LogP contribution in [0.5, 0.6) is 5.75 Å². The highest BCUT2D eigenvalue weighted by Crippen LogP contribution is 2.39. The minimum atomic E-state index is 0.272. The van der Waals surface area contributed by atoms with Crippen LogP contribution in [0.25, 0.3) is 11.1 Å². The van der Waals surface area contributed by atoms with Gasteiger partial charge in [-0.15, -0.1) is 0 Å². The fourth-order valence-corrected chi connectivity index (χ4v) is 9.46. The summed E-state index contributed by atoms with van der Waals surface area (Å²) in [5, 5.41) is 0. The minimum absolute atomic E-state index is 0.272. The first-order valence-corrected chi connectivity index (χ1v) is 25.9. The first-order chi connectivity index (χ1) is 33.9. The molecule has 0 aromatic heterocycles. The van der Waals surface area contributed by atoms with E-state index in [1.165, 1.54) is 66.3 Å². The van der Waals surface area contributed by atoms with Crippen molar-refractivity contribution >= 4 is 34.1 Å². The van der Waals surface area contributed by atoms with Gasteiger partial charge in [-0.05, 0) is 165 Å². The van der Waals surface area contributed by atoms with E-state index in [1.54, 1.807) is 7.11 Å². The monoisotopic (exact) mass is 929 g/mol. The van der Waals surface area contributed by atoms with E-state index < -0.39 is 0 Å². The molecule has 7 nitrogen and oxygen atoms in total. The first kappa shape index (κ1) is 50.0. The fourth-order valence-electron chi connectivity index (χ4n) is 9.46. The molecule has 0 N–H and O–H groups in total. The Morgan fingerprint density at radius 2 is 0.754 bits per heavy atom. The predicted molar refractivity (Wildman–Crippen MR) is 286 cm³/mol. The van der Waals surface area contributed by atoms with E-state index >= 15 is 0 Å². The van der Waals surface area contributed by atoms with Crippen LogP contribution in [0.4, 0.5) is 34.1 Å². The van der Waals surface area contributed by atoms with Gasteiger partial charge in [0.2, 0.25) is 0 Å². The second-order valence-corrected chi connectivity index (χ2v) is 19.8. The third kappa shape index (κ3) is 13.5. The number of hydrogen-bond donors (Lipinski definition) is 0. The molecule has 7 heteroatoms. The number of aryl methyl sites for hydroxylation is 3. The lowest BCUT2D eigenvalue weighted by atomic mass is 9.84. The van der Waals surface area contributed by atoms with Crippen molar-refractivity contribution in [2.24, 2.45) is 10.8 Å². The van der Waals surface area contributed by atoms with Crippen LogP contribution in [-0.4, -0.2) is 60.0 Å². The Morgan fingerprint density at radius 3 is 1.09 bits per heavy atom. The van der Waals surface area contributed by atoms with Crippen molar-refractivity contribution < 1.29 is 23.7 Å². The maximum Gasteiger partial charge on any atom is 0.119 e. The molecule has 8 rings (SSSR count). The second-order valence-electron chi connectivity index (χ2n) is 19.8. The van der Waals surface area contributed by atoms with Crippen LogP contribution < -0.4 is 14.5 Å². The average molecular weight is 929 g/mol. The Bertz CT molecular complexity index is 2400. The smallest absolute Gasteiger partial charge is 0.119 e. The quantitative estimate of drug-likeness (QED) is 0.0454. The van der Waals surface area contributed by atoms with Crippen molar-refractivity contribution in [1.29, 1.82) is 0 Å². The molecule has 2 aliphatic rings. The Balaban J connectivity index is 0.877. The van der Waals surface area contributed by atoms with E-state index in [-0.39, 0.29) is 10.8 Å². The number of unbranched alkanes of at least 4 members (excludes halogenated alkanes) is 6. The number of ether oxygens (including phenoxy) is 5. The molecule has 6 aromatic rings. The lowest BCUT2D eigenvalue weighted by Gasteiger charge is -2.40. The molecule has 69 heavy (non-hydrogen) atoms. The molecule has 2 aliphatic heterocycles. The summed E-state index contributed by atoms with van der Waals surface area (Å²) in [6, 6.07) is 53.3. The van der Waals surface area contributed by atoms with E-state index in [2.05, 4.69) is 164 Å². The highest BCUT2D eigenvalue weighted by atomic mass is 16.5. The average Bonchev–Trinajstić information content (AvgIpc) is 3.37. The predicted octanol–water partition coefficient (Wildman–Crippen LogP) is 15.7. The molecule has 364 valence electrons. The zero-order valence-electron chi connectivity index (χ0n) is 41.9. The van der Waals surface area contributed by atoms with Crippen molar-refractivity contribution in [2.75, 3.05) is 69.8 Å². The summed E-state index contributed by atoms with van der Waals surface area (Å²) in [5.41, 5.74) is 13.6. The fraction of sp³-hybridized carbons (Fsp3) is 0.419. The van der Waals surface area contributed by atoms with Crippen LogP contribution >= 0.6 is 0 Å². The summed E-state index contributed by atoms with van der Waals surface area (Å²) in [6.07, 6.45) is 13.9. The van der Waals surface area contributed by atoms with Gasteiger partial charge in [0.1, 0.15) is 5.75 Å². The largest absolute Gasteiger partial charge is 0.497 e. The van der Waals surface area contributed by atoms with Crippen molar-refractivity contribution in [2.45, 2.75) is 97.8 Å². The van der Waals surface area contributed by atoms with Crippen molar-refractivity contribution in [3.05, 3.63) is 162 Å². The van der Waals surface area contributed by atoms with Crippen molar-refractivity contribution in [3.8, 4) is 16.9 Å². The number of hydrogen-bond acceptors (Lipinski definition) is 7. The van der Waals surface area contributed by atoms with Gasteiger partial charge in [0.25, 0.3) is 0 Å². The Kier molecular flexibility index (Phi) is 18.0. The molecule has 0 spiro atoms. The molecule has 2 heterocycles. The van der Waals surface area contributed by atoms with Crippen LogP contribution in [0.3, 0.4) is 0 Å². The highest BCUT2D eigenvalue weighted by Gasteiger charge is 2.37. The van der Waals surface area contributed by atoms with Gasteiger partial charge in [0.05, 0.1) is 46.8 Å². The highest BCUT2D eigenvalue weighted by molar-refractivity contribution is 5.81. The molecule has 0 radical (unpaired) electrons. The Labute approximate surface area is 413 Å². The molecule has 0 aliphatic carbocycles. The summed E-state index contributed by atoms with van der Waals surface area (Å²) >= 11 is 0. The number of benzene rings is 6. The molecule has 2 fully saturated rings. The van der Waals surface area contributed by atoms with Gasteiger partial charge >= 0.3 is 0 Å². The van der Waals surface area contributed by atoms with Gasteiger partial charge in [-0.1, -0.05) is 106 Å². The molecule has 0 atom stereocenters. The van der Waals surface area contributed by atoms with Crippen molar-refractivity contribution in [1.82, 2.24) is 0 Å². The lowest BCUT2D eigenvalue weighted by molar-refractivity contribution is -0.150. The van der Waals surface area contributed by atoms with Gasteiger partial charge in [0, 0.05) is 58.2 Å². The number of methoxy groups -OCH3 is 1. The SMILES string of the molecule is CCC1(COCCCCCCc2ccc(N(c3ccc(C)cc3)c3ccc(-c4ccc(N(c5ccc(CCCCCCOCC6(CC)COC6)cc5)c5ccc(OC)cc5)cc4)cc3)cc2)COC1. The lowest BCUT2D eigenvalue weighted by Crippen LogP contribution is -2.45. The van der Waals surface area contributed by atoms with Crippen LogP contribution in [0.15, 0.2) is 146 Å². The van der Waals surface area contributed by atoms with E-state index in [1.807, 2.05) is 12.1 Å². The molecule has 0 amide bonds. The molecule has 0 unspecified atom stereocenters. The molecule has 2 saturated heterocycles. The van der Waals surface area contributed by atoms with Gasteiger partial charge in [-0.3, -0.25) is 0 Å². The number of nitrogens with zero attached hydrogens (tertiary/aromatic N) is 2. The van der Waals surface area contributed by atoms with E-state index in [0.29, 0.717) is 0 Å².